The Hall–Kier alpha value is -1.59. The van der Waals surface area contributed by atoms with Crippen molar-refractivity contribution in [3.8, 4) is 0 Å². The van der Waals surface area contributed by atoms with Gasteiger partial charge in [0.1, 0.15) is 0 Å². The van der Waals surface area contributed by atoms with Crippen LogP contribution in [0.3, 0.4) is 0 Å². The number of carbonyl (C=O) groups is 2. The number of nitrogens with zero attached hydrogens (tertiary/aromatic N) is 2. The summed E-state index contributed by atoms with van der Waals surface area (Å²) in [5.74, 6) is 0.386. The molecule has 2 amide bonds. The highest BCUT2D eigenvalue weighted by molar-refractivity contribution is 5.88. The molecule has 0 saturated carbocycles. The van der Waals surface area contributed by atoms with Crippen molar-refractivity contribution >= 4 is 24.2 Å². The van der Waals surface area contributed by atoms with Crippen LogP contribution in [0.25, 0.3) is 0 Å². The van der Waals surface area contributed by atoms with Gasteiger partial charge in [-0.2, -0.15) is 0 Å². The second-order valence-electron chi connectivity index (χ2n) is 7.47. The molecule has 27 heavy (non-hydrogen) atoms. The Morgan fingerprint density at radius 1 is 1.19 bits per heavy atom. The summed E-state index contributed by atoms with van der Waals surface area (Å²) in [5, 5.41) is 3.13. The van der Waals surface area contributed by atoms with Gasteiger partial charge in [0.15, 0.2) is 0 Å². The van der Waals surface area contributed by atoms with E-state index in [0.29, 0.717) is 13.1 Å². The van der Waals surface area contributed by atoms with Crippen molar-refractivity contribution in [1.29, 1.82) is 0 Å². The van der Waals surface area contributed by atoms with Crippen LogP contribution in [-0.4, -0.2) is 60.4 Å². The monoisotopic (exact) mass is 393 g/mol. The van der Waals surface area contributed by atoms with Gasteiger partial charge in [0, 0.05) is 32.2 Å². The lowest BCUT2D eigenvalue weighted by Crippen LogP contribution is -2.59. The maximum atomic E-state index is 13.6. The first-order chi connectivity index (χ1) is 12.6. The molecule has 1 unspecified atom stereocenters. The van der Waals surface area contributed by atoms with E-state index in [2.05, 4.69) is 31.3 Å². The highest BCUT2D eigenvalue weighted by atomic mass is 35.5. The standard InChI is InChI=1S/C21H31N3O2.ClH/c1-3-21(4-2,17-9-6-5-7-10-17)20(26)23-13-8-11-18(16-23)24-14-12-22-15-19(24)25;/h5-7,9-10,18,22H,3-4,8,11-16H2,1-2H3;1H. The summed E-state index contributed by atoms with van der Waals surface area (Å²) in [5.41, 5.74) is 0.645. The Labute approximate surface area is 168 Å². The molecular formula is C21H32ClN3O2. The van der Waals surface area contributed by atoms with E-state index in [1.807, 2.05) is 28.0 Å². The zero-order valence-electron chi connectivity index (χ0n) is 16.4. The molecule has 3 rings (SSSR count). The molecule has 0 spiro atoms. The minimum absolute atomic E-state index is 0. The van der Waals surface area contributed by atoms with E-state index >= 15 is 0 Å². The van der Waals surface area contributed by atoms with E-state index in [-0.39, 0.29) is 30.3 Å². The van der Waals surface area contributed by atoms with Crippen LogP contribution in [0.1, 0.15) is 45.1 Å². The Balaban J connectivity index is 0.00000261. The number of hydrogen-bond acceptors (Lipinski definition) is 3. The Bertz CT molecular complexity index is 634. The van der Waals surface area contributed by atoms with Crippen LogP contribution in [-0.2, 0) is 15.0 Å². The summed E-state index contributed by atoms with van der Waals surface area (Å²) < 4.78 is 0. The van der Waals surface area contributed by atoms with Gasteiger partial charge in [0.25, 0.3) is 0 Å². The van der Waals surface area contributed by atoms with Crippen molar-refractivity contribution in [3.63, 3.8) is 0 Å². The van der Waals surface area contributed by atoms with Gasteiger partial charge in [-0.25, -0.2) is 0 Å². The molecule has 5 nitrogen and oxygen atoms in total. The van der Waals surface area contributed by atoms with Crippen LogP contribution >= 0.6 is 12.4 Å². The lowest BCUT2D eigenvalue weighted by molar-refractivity contribution is -0.144. The topological polar surface area (TPSA) is 52.7 Å². The molecule has 1 aromatic rings. The van der Waals surface area contributed by atoms with E-state index in [0.717, 1.165) is 50.9 Å². The Morgan fingerprint density at radius 3 is 2.52 bits per heavy atom. The third-order valence-corrected chi connectivity index (χ3v) is 6.19. The second-order valence-corrected chi connectivity index (χ2v) is 7.47. The molecule has 0 radical (unpaired) electrons. The number of carbonyl (C=O) groups excluding carboxylic acids is 2. The average Bonchev–Trinajstić information content (AvgIpc) is 2.70. The van der Waals surface area contributed by atoms with Crippen molar-refractivity contribution in [2.75, 3.05) is 32.7 Å². The number of halogens is 1. The molecule has 150 valence electrons. The van der Waals surface area contributed by atoms with Crippen molar-refractivity contribution < 1.29 is 9.59 Å². The quantitative estimate of drug-likeness (QED) is 0.836. The predicted octanol–water partition coefficient (Wildman–Crippen LogP) is 2.59. The number of nitrogens with one attached hydrogen (secondary N) is 1. The molecule has 0 aromatic heterocycles. The van der Waals surface area contributed by atoms with E-state index in [9.17, 15) is 9.59 Å². The fourth-order valence-corrected chi connectivity index (χ4v) is 4.54. The largest absolute Gasteiger partial charge is 0.340 e. The third kappa shape index (κ3) is 4.30. The van der Waals surface area contributed by atoms with Crippen LogP contribution in [0.5, 0.6) is 0 Å². The fourth-order valence-electron chi connectivity index (χ4n) is 4.54. The van der Waals surface area contributed by atoms with E-state index in [1.54, 1.807) is 0 Å². The van der Waals surface area contributed by atoms with Crippen molar-refractivity contribution in [1.82, 2.24) is 15.1 Å². The summed E-state index contributed by atoms with van der Waals surface area (Å²) in [4.78, 5) is 29.9. The molecule has 2 fully saturated rings. The average molecular weight is 394 g/mol. The van der Waals surface area contributed by atoms with Gasteiger partial charge in [0.2, 0.25) is 11.8 Å². The lowest BCUT2D eigenvalue weighted by Gasteiger charge is -2.44. The number of hydrogen-bond donors (Lipinski definition) is 1. The van der Waals surface area contributed by atoms with Crippen LogP contribution < -0.4 is 5.32 Å². The molecule has 2 heterocycles. The lowest BCUT2D eigenvalue weighted by atomic mass is 9.74. The summed E-state index contributed by atoms with van der Waals surface area (Å²) >= 11 is 0. The molecule has 2 aliphatic rings. The zero-order valence-corrected chi connectivity index (χ0v) is 17.3. The van der Waals surface area contributed by atoms with Gasteiger partial charge >= 0.3 is 0 Å². The van der Waals surface area contributed by atoms with Gasteiger partial charge in [-0.05, 0) is 31.2 Å². The minimum Gasteiger partial charge on any atom is -0.340 e. The maximum absolute atomic E-state index is 13.6. The number of likely N-dealkylation sites (tertiary alicyclic amines) is 1. The number of piperidine rings is 1. The first-order valence-electron chi connectivity index (χ1n) is 9.97. The molecule has 0 aliphatic carbocycles. The second kappa shape index (κ2) is 9.56. The van der Waals surface area contributed by atoms with E-state index < -0.39 is 5.41 Å². The fraction of sp³-hybridized carbons (Fsp3) is 0.619. The smallest absolute Gasteiger partial charge is 0.236 e. The highest BCUT2D eigenvalue weighted by Crippen LogP contribution is 2.35. The Morgan fingerprint density at radius 2 is 1.89 bits per heavy atom. The maximum Gasteiger partial charge on any atom is 0.236 e. The SMILES string of the molecule is CCC(CC)(C(=O)N1CCCC(N2CCNCC2=O)C1)c1ccccc1.Cl. The van der Waals surface area contributed by atoms with Gasteiger partial charge in [0.05, 0.1) is 12.0 Å². The predicted molar refractivity (Wildman–Crippen MR) is 110 cm³/mol. The Kier molecular flexibility index (Phi) is 7.68. The molecule has 0 bridgehead atoms. The molecular weight excluding hydrogens is 362 g/mol. The van der Waals surface area contributed by atoms with Gasteiger partial charge < -0.3 is 15.1 Å². The molecule has 1 N–H and O–H groups in total. The van der Waals surface area contributed by atoms with Gasteiger partial charge in [-0.15, -0.1) is 12.4 Å². The van der Waals surface area contributed by atoms with Crippen LogP contribution in [0.15, 0.2) is 30.3 Å². The number of rotatable bonds is 5. The summed E-state index contributed by atoms with van der Waals surface area (Å²) in [6.07, 6.45) is 3.54. The molecule has 1 atom stereocenters. The first-order valence-corrected chi connectivity index (χ1v) is 9.97. The summed E-state index contributed by atoms with van der Waals surface area (Å²) in [6.45, 7) is 7.68. The van der Waals surface area contributed by atoms with Crippen molar-refractivity contribution in [2.45, 2.75) is 51.0 Å². The third-order valence-electron chi connectivity index (χ3n) is 6.19. The van der Waals surface area contributed by atoms with Crippen molar-refractivity contribution in [2.24, 2.45) is 0 Å². The van der Waals surface area contributed by atoms with E-state index in [4.69, 9.17) is 0 Å². The van der Waals surface area contributed by atoms with Crippen LogP contribution in [0, 0.1) is 0 Å². The summed E-state index contributed by atoms with van der Waals surface area (Å²) in [6, 6.07) is 10.3. The first kappa shape index (κ1) is 21.7. The van der Waals surface area contributed by atoms with Crippen LogP contribution in [0.4, 0.5) is 0 Å². The summed E-state index contributed by atoms with van der Waals surface area (Å²) in [7, 11) is 0. The molecule has 1 aromatic carbocycles. The van der Waals surface area contributed by atoms with Crippen molar-refractivity contribution in [3.05, 3.63) is 35.9 Å². The van der Waals surface area contributed by atoms with Gasteiger partial charge in [-0.1, -0.05) is 44.2 Å². The molecule has 2 aliphatic heterocycles. The highest BCUT2D eigenvalue weighted by Gasteiger charge is 2.42. The number of amides is 2. The zero-order chi connectivity index (χ0) is 18.6. The van der Waals surface area contributed by atoms with Crippen LogP contribution in [0.2, 0.25) is 0 Å². The van der Waals surface area contributed by atoms with E-state index in [1.165, 1.54) is 0 Å². The normalized spacial score (nSPS) is 21.0. The molecule has 2 saturated heterocycles. The number of piperazine rings is 1. The molecule has 6 heteroatoms. The minimum atomic E-state index is -0.462. The number of benzene rings is 1. The van der Waals surface area contributed by atoms with Gasteiger partial charge in [-0.3, -0.25) is 9.59 Å².